The van der Waals surface area contributed by atoms with Gasteiger partial charge in [0, 0.05) is 25.4 Å². The van der Waals surface area contributed by atoms with E-state index in [0.717, 1.165) is 36.8 Å². The molecule has 2 atom stereocenters. The highest BCUT2D eigenvalue weighted by Crippen LogP contribution is 2.54. The van der Waals surface area contributed by atoms with Gasteiger partial charge >= 0.3 is 6.18 Å². The molecule has 1 saturated heterocycles. The molecule has 4 aliphatic rings. The van der Waals surface area contributed by atoms with Crippen LogP contribution in [0.3, 0.4) is 0 Å². The second-order valence-corrected chi connectivity index (χ2v) is 10.9. The van der Waals surface area contributed by atoms with Gasteiger partial charge in [-0.15, -0.1) is 0 Å². The minimum Gasteiger partial charge on any atom is -0.427 e. The second kappa shape index (κ2) is 8.61. The zero-order valence-electron chi connectivity index (χ0n) is 20.8. The number of hydrogen-bond acceptors (Lipinski definition) is 6. The number of carbonyl (C=O) groups is 1. The maximum atomic E-state index is 15.2. The molecule has 2 saturated carbocycles. The smallest absolute Gasteiger partial charge is 0.396 e. The van der Waals surface area contributed by atoms with Crippen LogP contribution >= 0.6 is 0 Å². The monoisotopic (exact) mass is 522 g/mol. The number of amides is 1. The van der Waals surface area contributed by atoms with Crippen molar-refractivity contribution in [3.05, 3.63) is 35.0 Å². The molecule has 1 aromatic heterocycles. The van der Waals surface area contributed by atoms with Crippen molar-refractivity contribution in [2.45, 2.75) is 63.3 Å². The van der Waals surface area contributed by atoms with Crippen LogP contribution in [0, 0.1) is 17.7 Å². The van der Waals surface area contributed by atoms with Crippen LogP contribution in [0.15, 0.2) is 16.5 Å². The highest BCUT2D eigenvalue weighted by molar-refractivity contribution is 6.04. The molecule has 2 aliphatic carbocycles. The van der Waals surface area contributed by atoms with Crippen molar-refractivity contribution in [3.63, 3.8) is 0 Å². The van der Waals surface area contributed by atoms with E-state index in [1.54, 1.807) is 18.1 Å². The average Bonchev–Trinajstić information content (AvgIpc) is 3.16. The van der Waals surface area contributed by atoms with Crippen LogP contribution in [0.5, 0.6) is 0 Å². The highest BCUT2D eigenvalue weighted by Gasteiger charge is 2.49. The topological polar surface area (TPSA) is 70.8 Å². The number of carbonyl (C=O) groups excluding carboxylic acids is 1. The van der Waals surface area contributed by atoms with E-state index < -0.39 is 41.4 Å². The maximum absolute atomic E-state index is 15.2. The summed E-state index contributed by atoms with van der Waals surface area (Å²) < 4.78 is 65.9. The third-order valence-electron chi connectivity index (χ3n) is 8.54. The van der Waals surface area contributed by atoms with Crippen molar-refractivity contribution in [2.24, 2.45) is 11.8 Å². The first kappa shape index (κ1) is 24.5. The molecule has 3 fully saturated rings. The quantitative estimate of drug-likeness (QED) is 0.519. The lowest BCUT2D eigenvalue weighted by Crippen LogP contribution is -2.62. The number of oxazole rings is 1. The number of fused-ring (bicyclic) bond motifs is 2. The van der Waals surface area contributed by atoms with Crippen LogP contribution in [-0.4, -0.2) is 55.5 Å². The molecule has 3 heterocycles. The van der Waals surface area contributed by atoms with Gasteiger partial charge in [-0.3, -0.25) is 4.79 Å². The first-order chi connectivity index (χ1) is 17.6. The predicted octanol–water partition coefficient (Wildman–Crippen LogP) is 4.95. The van der Waals surface area contributed by atoms with Crippen molar-refractivity contribution < 1.29 is 31.5 Å². The van der Waals surface area contributed by atoms with E-state index in [9.17, 15) is 18.0 Å². The first-order valence-corrected chi connectivity index (χ1v) is 12.8. The van der Waals surface area contributed by atoms with Gasteiger partial charge in [-0.2, -0.15) is 18.2 Å². The maximum Gasteiger partial charge on any atom is 0.396 e. The van der Waals surface area contributed by atoms with Crippen molar-refractivity contribution in [1.29, 1.82) is 0 Å². The first-order valence-electron chi connectivity index (χ1n) is 12.8. The van der Waals surface area contributed by atoms with Crippen molar-refractivity contribution in [1.82, 2.24) is 4.98 Å². The Balaban J connectivity index is 1.21. The van der Waals surface area contributed by atoms with Crippen LogP contribution in [0.2, 0.25) is 0 Å². The summed E-state index contributed by atoms with van der Waals surface area (Å²) in [7, 11) is 1.58. The summed E-state index contributed by atoms with van der Waals surface area (Å²) in [6.07, 6.45) is -1.18. The van der Waals surface area contributed by atoms with Crippen LogP contribution in [0.4, 0.5) is 35.0 Å². The van der Waals surface area contributed by atoms with Gasteiger partial charge in [0.05, 0.1) is 18.8 Å². The third kappa shape index (κ3) is 4.45. The number of ether oxygens (including phenoxy) is 1. The van der Waals surface area contributed by atoms with Crippen LogP contribution in [-0.2, 0) is 17.6 Å². The number of aromatic nitrogens is 1. The Morgan fingerprint density at radius 2 is 1.97 bits per heavy atom. The molecule has 2 aliphatic heterocycles. The normalized spacial score (nSPS) is 25.6. The summed E-state index contributed by atoms with van der Waals surface area (Å²) in [6, 6.07) is 3.24. The number of alkyl halides is 3. The molecule has 2 aromatic rings. The molecule has 37 heavy (non-hydrogen) atoms. The summed E-state index contributed by atoms with van der Waals surface area (Å²) in [5, 5.41) is 2.55. The molecule has 1 aromatic carbocycles. The minimum absolute atomic E-state index is 0.0593. The number of nitrogens with zero attached hydrogens (tertiary/aromatic N) is 3. The van der Waals surface area contributed by atoms with Gasteiger partial charge in [-0.1, -0.05) is 6.92 Å². The largest absolute Gasteiger partial charge is 0.427 e. The van der Waals surface area contributed by atoms with E-state index in [1.807, 2.05) is 6.92 Å². The Bertz CT molecular complexity index is 1210. The molecule has 200 valence electrons. The van der Waals surface area contributed by atoms with Crippen molar-refractivity contribution >= 4 is 23.3 Å². The average molecular weight is 523 g/mol. The fourth-order valence-electron chi connectivity index (χ4n) is 6.32. The van der Waals surface area contributed by atoms with Crippen LogP contribution in [0.25, 0.3) is 0 Å². The molecule has 0 spiro atoms. The molecule has 1 N–H and O–H groups in total. The van der Waals surface area contributed by atoms with Gasteiger partial charge in [0.15, 0.2) is 5.69 Å². The molecule has 0 radical (unpaired) electrons. The summed E-state index contributed by atoms with van der Waals surface area (Å²) in [4.78, 5) is 20.9. The van der Waals surface area contributed by atoms with E-state index >= 15 is 4.39 Å². The molecule has 11 heteroatoms. The van der Waals surface area contributed by atoms with Gasteiger partial charge in [0.25, 0.3) is 11.9 Å². The lowest BCUT2D eigenvalue weighted by molar-refractivity contribution is -0.130. The van der Waals surface area contributed by atoms with Crippen molar-refractivity contribution in [3.8, 4) is 0 Å². The summed E-state index contributed by atoms with van der Waals surface area (Å²) in [6.45, 7) is 3.46. The lowest BCUT2D eigenvalue weighted by atomic mass is 9.91. The number of rotatable bonds is 7. The Morgan fingerprint density at radius 1 is 1.24 bits per heavy atom. The molecule has 1 amide bonds. The molecule has 6 rings (SSSR count). The zero-order valence-corrected chi connectivity index (χ0v) is 20.8. The number of benzene rings is 1. The number of nitrogens with one attached hydrogen (secondary N) is 1. The lowest BCUT2D eigenvalue weighted by Gasteiger charge is -2.47. The number of methoxy groups -OCH3 is 1. The molecular formula is C26H30F4N4O3. The number of hydrogen-bond donors (Lipinski definition) is 1. The van der Waals surface area contributed by atoms with Crippen LogP contribution in [0.1, 0.15) is 54.4 Å². The number of anilines is 3. The van der Waals surface area contributed by atoms with E-state index in [-0.39, 0.29) is 11.7 Å². The van der Waals surface area contributed by atoms with E-state index in [2.05, 4.69) is 15.2 Å². The zero-order chi connectivity index (χ0) is 26.1. The highest BCUT2D eigenvalue weighted by atomic mass is 19.4. The molecule has 7 nitrogen and oxygen atoms in total. The second-order valence-electron chi connectivity index (χ2n) is 10.9. The standard InChI is InChI=1S/C26H30F4N4O3/c1-3-25(36-2)12-33(13-25)24-32-21(20(37-24)11-26(28,29)30)23(35)31-17-7-14-4-5-34(22(14)19(27)10-17)18-8-15-6-16(15)9-18/h7,10,15-16,18H,3-6,8-9,11-13H2,1-2H3,(H,31,35). The Morgan fingerprint density at radius 3 is 2.62 bits per heavy atom. The van der Waals surface area contributed by atoms with Crippen molar-refractivity contribution in [2.75, 3.05) is 41.9 Å². The Hall–Kier alpha value is -2.82. The van der Waals surface area contributed by atoms with Gasteiger partial charge in [-0.25, -0.2) is 4.39 Å². The molecule has 0 bridgehead atoms. The molecule has 2 unspecified atom stereocenters. The van der Waals surface area contributed by atoms with Gasteiger partial charge in [0.1, 0.15) is 23.6 Å². The van der Waals surface area contributed by atoms with E-state index in [1.165, 1.54) is 12.5 Å². The molecular weight excluding hydrogens is 492 g/mol. The Kier molecular flexibility index (Phi) is 5.70. The SMILES string of the molecule is CCC1(OC)CN(c2nc(C(=O)Nc3cc(F)c4c(c3)CCN4C3CC4CC4C3)c(CC(F)(F)F)o2)C1. The fourth-order valence-corrected chi connectivity index (χ4v) is 6.32. The summed E-state index contributed by atoms with van der Waals surface area (Å²) in [5.41, 5.74) is 0.694. The van der Waals surface area contributed by atoms with Crippen LogP contribution < -0.4 is 15.1 Å². The van der Waals surface area contributed by atoms with Gasteiger partial charge < -0.3 is 24.3 Å². The third-order valence-corrected chi connectivity index (χ3v) is 8.54. The van der Waals surface area contributed by atoms with E-state index in [0.29, 0.717) is 37.7 Å². The van der Waals surface area contributed by atoms with E-state index in [4.69, 9.17) is 9.15 Å². The van der Waals surface area contributed by atoms with Gasteiger partial charge in [-0.05, 0) is 61.6 Å². The summed E-state index contributed by atoms with van der Waals surface area (Å²) in [5.74, 6) is -0.318. The fraction of sp³-hybridized carbons (Fsp3) is 0.615. The number of halogens is 4. The predicted molar refractivity (Wildman–Crippen MR) is 129 cm³/mol. The van der Waals surface area contributed by atoms with Gasteiger partial charge in [0.2, 0.25) is 0 Å². The summed E-state index contributed by atoms with van der Waals surface area (Å²) >= 11 is 0. The minimum atomic E-state index is -4.59. The Labute approximate surface area is 212 Å².